The Morgan fingerprint density at radius 2 is 0.927 bits per heavy atom. The van der Waals surface area contributed by atoms with Crippen molar-refractivity contribution in [1.82, 2.24) is 0 Å². The molecule has 0 atom stereocenters. The summed E-state index contributed by atoms with van der Waals surface area (Å²) in [4.78, 5) is 2.28. The number of anilines is 3. The average Bonchev–Trinajstić information content (AvgIpc) is 3.24. The second-order valence-electron chi connectivity index (χ2n) is 11.2. The molecule has 0 heterocycles. The molecule has 6 aromatic rings. The van der Waals surface area contributed by atoms with Gasteiger partial charge >= 0.3 is 0 Å². The van der Waals surface area contributed by atoms with Gasteiger partial charge in [-0.15, -0.1) is 0 Å². The summed E-state index contributed by atoms with van der Waals surface area (Å²) in [5.41, 5.74) is 12.9. The fourth-order valence-corrected chi connectivity index (χ4v) is 6.42. The highest BCUT2D eigenvalue weighted by atomic mass is 35.5. The van der Waals surface area contributed by atoms with E-state index in [0.717, 1.165) is 22.1 Å². The normalized spacial score (nSPS) is 13.0. The van der Waals surface area contributed by atoms with Crippen LogP contribution in [0.4, 0.5) is 17.1 Å². The first kappa shape index (κ1) is 25.4. The molecule has 1 aliphatic carbocycles. The fraction of sp³-hybridized carbons (Fsp3) is 0.0769. The Morgan fingerprint density at radius 3 is 1.46 bits per heavy atom. The molecule has 0 unspecified atom stereocenters. The molecule has 7 rings (SSSR count). The lowest BCUT2D eigenvalue weighted by Crippen LogP contribution is -2.17. The third-order valence-corrected chi connectivity index (χ3v) is 8.66. The van der Waals surface area contributed by atoms with E-state index in [0.29, 0.717) is 0 Å². The van der Waals surface area contributed by atoms with E-state index in [2.05, 4.69) is 152 Å². The van der Waals surface area contributed by atoms with Crippen molar-refractivity contribution < 1.29 is 0 Å². The Bertz CT molecular complexity index is 1750. The van der Waals surface area contributed by atoms with E-state index in [1.165, 1.54) is 44.5 Å². The van der Waals surface area contributed by atoms with Crippen molar-refractivity contribution >= 4 is 28.7 Å². The van der Waals surface area contributed by atoms with Crippen molar-refractivity contribution in [2.45, 2.75) is 19.3 Å². The minimum atomic E-state index is -0.120. The summed E-state index contributed by atoms with van der Waals surface area (Å²) in [6.07, 6.45) is 0. The maximum absolute atomic E-state index is 7.17. The topological polar surface area (TPSA) is 3.24 Å². The largest absolute Gasteiger partial charge is 0.309 e. The van der Waals surface area contributed by atoms with Crippen molar-refractivity contribution in [2.75, 3.05) is 4.90 Å². The highest BCUT2D eigenvalue weighted by Gasteiger charge is 2.36. The minimum Gasteiger partial charge on any atom is -0.309 e. The summed E-state index contributed by atoms with van der Waals surface area (Å²) in [6.45, 7) is 4.62. The number of rotatable bonds is 5. The zero-order valence-electron chi connectivity index (χ0n) is 23.2. The number of halogens is 1. The van der Waals surface area contributed by atoms with Gasteiger partial charge in [0.1, 0.15) is 0 Å². The van der Waals surface area contributed by atoms with Gasteiger partial charge in [0.15, 0.2) is 0 Å². The Morgan fingerprint density at radius 1 is 0.463 bits per heavy atom. The smallest absolute Gasteiger partial charge is 0.0653 e. The number of benzene rings is 6. The van der Waals surface area contributed by atoms with Crippen LogP contribution in [0.25, 0.3) is 33.4 Å². The van der Waals surface area contributed by atoms with Crippen molar-refractivity contribution in [1.29, 1.82) is 0 Å². The number of hydrogen-bond donors (Lipinski definition) is 0. The van der Waals surface area contributed by atoms with Gasteiger partial charge in [-0.3, -0.25) is 0 Å². The van der Waals surface area contributed by atoms with Crippen LogP contribution in [0.15, 0.2) is 146 Å². The van der Waals surface area contributed by atoms with Crippen LogP contribution in [0.5, 0.6) is 0 Å². The van der Waals surface area contributed by atoms with Gasteiger partial charge in [-0.25, -0.2) is 0 Å². The number of hydrogen-bond acceptors (Lipinski definition) is 1. The summed E-state index contributed by atoms with van der Waals surface area (Å²) in [5.74, 6) is 0. The zero-order valence-corrected chi connectivity index (χ0v) is 23.9. The quantitative estimate of drug-likeness (QED) is 0.207. The molecule has 0 aliphatic heterocycles. The van der Waals surface area contributed by atoms with Crippen LogP contribution in [0.1, 0.15) is 25.0 Å². The zero-order chi connectivity index (χ0) is 28.0. The molecular weight excluding hydrogens is 518 g/mol. The molecule has 0 bridgehead atoms. The fourth-order valence-electron chi connectivity index (χ4n) is 6.18. The van der Waals surface area contributed by atoms with E-state index in [4.69, 9.17) is 11.6 Å². The molecule has 41 heavy (non-hydrogen) atoms. The maximum atomic E-state index is 7.17. The number of fused-ring (bicyclic) bond motifs is 3. The van der Waals surface area contributed by atoms with E-state index in [1.54, 1.807) is 0 Å². The van der Waals surface area contributed by atoms with E-state index in [9.17, 15) is 0 Å². The van der Waals surface area contributed by atoms with Crippen molar-refractivity contribution in [3.05, 3.63) is 162 Å². The lowest BCUT2D eigenvalue weighted by molar-refractivity contribution is 0.660. The maximum Gasteiger partial charge on any atom is 0.0653 e. The lowest BCUT2D eigenvalue weighted by Gasteiger charge is -2.29. The number of nitrogens with zero attached hydrogens (tertiary/aromatic N) is 1. The van der Waals surface area contributed by atoms with Crippen molar-refractivity contribution in [3.8, 4) is 33.4 Å². The molecule has 0 radical (unpaired) electrons. The van der Waals surface area contributed by atoms with Gasteiger partial charge in [-0.2, -0.15) is 0 Å². The van der Waals surface area contributed by atoms with Gasteiger partial charge in [0.2, 0.25) is 0 Å². The Labute approximate surface area is 247 Å². The molecule has 0 N–H and O–H groups in total. The van der Waals surface area contributed by atoms with Crippen LogP contribution in [0.2, 0.25) is 5.02 Å². The van der Waals surface area contributed by atoms with Crippen LogP contribution in [0, 0.1) is 0 Å². The lowest BCUT2D eigenvalue weighted by atomic mass is 9.82. The highest BCUT2D eigenvalue weighted by Crippen LogP contribution is 2.52. The summed E-state index contributed by atoms with van der Waals surface area (Å²) >= 11 is 7.17. The molecule has 6 aromatic carbocycles. The van der Waals surface area contributed by atoms with Gasteiger partial charge in [0, 0.05) is 16.8 Å². The van der Waals surface area contributed by atoms with E-state index < -0.39 is 0 Å². The molecule has 0 saturated heterocycles. The van der Waals surface area contributed by atoms with Gasteiger partial charge in [0.05, 0.1) is 10.7 Å². The van der Waals surface area contributed by atoms with Crippen LogP contribution >= 0.6 is 11.6 Å². The van der Waals surface area contributed by atoms with Crippen LogP contribution < -0.4 is 4.90 Å². The predicted octanol–water partition coefficient (Wildman–Crippen LogP) is 11.5. The van der Waals surface area contributed by atoms with Crippen LogP contribution in [0.3, 0.4) is 0 Å². The van der Waals surface area contributed by atoms with Gasteiger partial charge in [-0.05, 0) is 80.9 Å². The molecule has 1 aliphatic rings. The summed E-state index contributed by atoms with van der Waals surface area (Å²) in [7, 11) is 0. The minimum absolute atomic E-state index is 0.120. The summed E-state index contributed by atoms with van der Waals surface area (Å²) in [6, 6.07) is 51.7. The van der Waals surface area contributed by atoms with Crippen molar-refractivity contribution in [2.24, 2.45) is 0 Å². The molecule has 0 fully saturated rings. The van der Waals surface area contributed by atoms with E-state index in [1.807, 2.05) is 12.1 Å². The summed E-state index contributed by atoms with van der Waals surface area (Å²) in [5, 5.41) is 0.732. The molecule has 198 valence electrons. The molecule has 2 heteroatoms. The third-order valence-electron chi connectivity index (χ3n) is 8.36. The molecule has 1 nitrogen and oxygen atoms in total. The highest BCUT2D eigenvalue weighted by molar-refractivity contribution is 6.34. The van der Waals surface area contributed by atoms with E-state index in [-0.39, 0.29) is 5.41 Å². The average molecular weight is 548 g/mol. The monoisotopic (exact) mass is 547 g/mol. The molecule has 0 saturated carbocycles. The van der Waals surface area contributed by atoms with Gasteiger partial charge in [-0.1, -0.05) is 135 Å². The first-order valence-corrected chi connectivity index (χ1v) is 14.4. The molecule has 0 aromatic heterocycles. The summed E-state index contributed by atoms with van der Waals surface area (Å²) < 4.78 is 0. The van der Waals surface area contributed by atoms with Crippen LogP contribution in [-0.2, 0) is 5.41 Å². The first-order chi connectivity index (χ1) is 20.0. The molecular formula is C39H30ClN. The molecule has 0 spiro atoms. The second-order valence-corrected chi connectivity index (χ2v) is 11.6. The predicted molar refractivity (Wildman–Crippen MR) is 175 cm³/mol. The van der Waals surface area contributed by atoms with Gasteiger partial charge < -0.3 is 4.90 Å². The first-order valence-electron chi connectivity index (χ1n) is 14.1. The Kier molecular flexibility index (Phi) is 6.26. The third kappa shape index (κ3) is 4.43. The van der Waals surface area contributed by atoms with Crippen molar-refractivity contribution in [3.63, 3.8) is 0 Å². The van der Waals surface area contributed by atoms with Gasteiger partial charge in [0.25, 0.3) is 0 Å². The Balaban J connectivity index is 1.37. The van der Waals surface area contributed by atoms with E-state index >= 15 is 0 Å². The standard InChI is InChI=1S/C39H30ClN/c1-39(2)35-16-10-9-15-33(35)34-25-37(40)38(26-36(34)39)41(31-21-17-29(18-22-31)27-11-5-3-6-12-27)32-23-19-30(20-24-32)28-13-7-4-8-14-28/h3-26H,1-2H3. The Hall–Kier alpha value is -4.59. The van der Waals surface area contributed by atoms with Crippen LogP contribution in [-0.4, -0.2) is 0 Å². The molecule has 0 amide bonds. The SMILES string of the molecule is CC1(C)c2ccccc2-c2cc(Cl)c(N(c3ccc(-c4ccccc4)cc3)c3ccc(-c4ccccc4)cc3)cc21. The second kappa shape index (κ2) is 10.1.